The number of rotatable bonds is 5. The number of pyridine rings is 1. The van der Waals surface area contributed by atoms with Gasteiger partial charge in [0.05, 0.1) is 27.4 Å². The van der Waals surface area contributed by atoms with Gasteiger partial charge in [-0.25, -0.2) is 9.97 Å². The van der Waals surface area contributed by atoms with Crippen LogP contribution in [0.25, 0.3) is 33.4 Å². The molecule has 0 saturated carbocycles. The number of fused-ring (bicyclic) bond motifs is 1. The molecule has 5 aromatic rings. The summed E-state index contributed by atoms with van der Waals surface area (Å²) in [7, 11) is 0. The second-order valence-electron chi connectivity index (χ2n) is 7.38. The Balaban J connectivity index is 1.46. The molecule has 2 aromatic heterocycles. The van der Waals surface area contributed by atoms with E-state index in [2.05, 4.69) is 10.3 Å². The molecule has 0 fully saturated rings. The van der Waals surface area contributed by atoms with E-state index in [9.17, 15) is 14.9 Å². The Morgan fingerprint density at radius 1 is 0.912 bits per heavy atom. The van der Waals surface area contributed by atoms with Crippen LogP contribution < -0.4 is 5.32 Å². The fourth-order valence-electron chi connectivity index (χ4n) is 3.51. The minimum absolute atomic E-state index is 0.00793. The van der Waals surface area contributed by atoms with E-state index in [1.807, 2.05) is 36.4 Å². The van der Waals surface area contributed by atoms with Crippen molar-refractivity contribution in [2.24, 2.45) is 0 Å². The maximum absolute atomic E-state index is 13.3. The molecule has 5 rings (SSSR count). The van der Waals surface area contributed by atoms with Crippen molar-refractivity contribution in [1.29, 1.82) is 0 Å². The van der Waals surface area contributed by atoms with E-state index in [1.54, 1.807) is 35.7 Å². The number of nitro benzene ring substituents is 1. The Morgan fingerprint density at radius 3 is 2.32 bits per heavy atom. The number of thiazole rings is 1. The highest BCUT2D eigenvalue weighted by Crippen LogP contribution is 2.29. The largest absolute Gasteiger partial charge is 0.298 e. The molecule has 0 aliphatic rings. The van der Waals surface area contributed by atoms with Crippen LogP contribution in [0.15, 0.2) is 84.2 Å². The van der Waals surface area contributed by atoms with E-state index in [-0.39, 0.29) is 11.6 Å². The zero-order chi connectivity index (χ0) is 23.7. The van der Waals surface area contributed by atoms with Crippen molar-refractivity contribution in [1.82, 2.24) is 9.97 Å². The van der Waals surface area contributed by atoms with E-state index >= 15 is 0 Å². The first-order valence-electron chi connectivity index (χ1n) is 10.2. The maximum atomic E-state index is 13.3. The third kappa shape index (κ3) is 4.36. The standard InChI is InChI=1S/C25H15ClN4O3S/c26-17-9-5-15(6-10-17)22-13-20(19-3-1-2-4-21(19)27-22)24(31)29-25-28-23(14-34-25)16-7-11-18(12-8-16)30(32)33/h1-14H,(H,28,29,31). The molecule has 0 spiro atoms. The van der Waals surface area contributed by atoms with Gasteiger partial charge in [0.1, 0.15) is 0 Å². The Kier molecular flexibility index (Phi) is 5.75. The zero-order valence-corrected chi connectivity index (χ0v) is 19.0. The molecule has 3 aromatic carbocycles. The van der Waals surface area contributed by atoms with Crippen LogP contribution in [0.4, 0.5) is 10.8 Å². The summed E-state index contributed by atoms with van der Waals surface area (Å²) in [5, 5.41) is 17.3. The second-order valence-corrected chi connectivity index (χ2v) is 8.67. The lowest BCUT2D eigenvalue weighted by Crippen LogP contribution is -2.13. The van der Waals surface area contributed by atoms with E-state index in [4.69, 9.17) is 16.6 Å². The smallest absolute Gasteiger partial charge is 0.269 e. The van der Waals surface area contributed by atoms with Gasteiger partial charge >= 0.3 is 0 Å². The summed E-state index contributed by atoms with van der Waals surface area (Å²) in [6.07, 6.45) is 0. The Bertz CT molecular complexity index is 1530. The topological polar surface area (TPSA) is 98.0 Å². The van der Waals surface area contributed by atoms with Gasteiger partial charge in [0.25, 0.3) is 11.6 Å². The second kappa shape index (κ2) is 9.01. The van der Waals surface area contributed by atoms with Gasteiger partial charge in [-0.2, -0.15) is 0 Å². The molecule has 0 aliphatic carbocycles. The number of amides is 1. The third-order valence-electron chi connectivity index (χ3n) is 5.20. The summed E-state index contributed by atoms with van der Waals surface area (Å²) in [5.74, 6) is -0.307. The number of carbonyl (C=O) groups excluding carboxylic acids is 1. The lowest BCUT2D eigenvalue weighted by molar-refractivity contribution is -0.384. The molecular weight excluding hydrogens is 472 g/mol. The van der Waals surface area contributed by atoms with E-state index < -0.39 is 4.92 Å². The number of nitro groups is 1. The monoisotopic (exact) mass is 486 g/mol. The number of benzene rings is 3. The molecule has 166 valence electrons. The van der Waals surface area contributed by atoms with Crippen molar-refractivity contribution < 1.29 is 9.72 Å². The van der Waals surface area contributed by atoms with Gasteiger partial charge in [0.2, 0.25) is 0 Å². The Labute approximate surface area is 202 Å². The number of hydrogen-bond donors (Lipinski definition) is 1. The lowest BCUT2D eigenvalue weighted by Gasteiger charge is -2.10. The van der Waals surface area contributed by atoms with Crippen molar-refractivity contribution in [2.75, 3.05) is 5.32 Å². The van der Waals surface area contributed by atoms with Gasteiger partial charge in [-0.1, -0.05) is 41.9 Å². The average Bonchev–Trinajstić information content (AvgIpc) is 3.32. The number of aromatic nitrogens is 2. The SMILES string of the molecule is O=C(Nc1nc(-c2ccc([N+](=O)[O-])cc2)cs1)c1cc(-c2ccc(Cl)cc2)nc2ccccc12. The number of nitrogens with zero attached hydrogens (tertiary/aromatic N) is 3. The molecule has 34 heavy (non-hydrogen) atoms. The zero-order valence-electron chi connectivity index (χ0n) is 17.4. The van der Waals surface area contributed by atoms with Crippen molar-refractivity contribution in [3.05, 3.63) is 105 Å². The van der Waals surface area contributed by atoms with Crippen LogP contribution in [-0.4, -0.2) is 20.8 Å². The van der Waals surface area contributed by atoms with Crippen molar-refractivity contribution >= 4 is 50.6 Å². The van der Waals surface area contributed by atoms with Gasteiger partial charge in [-0.15, -0.1) is 11.3 Å². The number of nitrogens with one attached hydrogen (secondary N) is 1. The molecule has 0 unspecified atom stereocenters. The Morgan fingerprint density at radius 2 is 1.59 bits per heavy atom. The fraction of sp³-hybridized carbons (Fsp3) is 0. The molecule has 0 atom stereocenters. The van der Waals surface area contributed by atoms with Crippen LogP contribution >= 0.6 is 22.9 Å². The predicted molar refractivity (Wildman–Crippen MR) is 134 cm³/mol. The minimum Gasteiger partial charge on any atom is -0.298 e. The molecule has 0 aliphatic heterocycles. The first-order chi connectivity index (χ1) is 16.5. The van der Waals surface area contributed by atoms with Gasteiger partial charge in [-0.3, -0.25) is 20.2 Å². The molecule has 0 bridgehead atoms. The average molecular weight is 487 g/mol. The normalized spacial score (nSPS) is 10.9. The minimum atomic E-state index is -0.451. The van der Waals surface area contributed by atoms with Crippen molar-refractivity contribution in [3.8, 4) is 22.5 Å². The van der Waals surface area contributed by atoms with Crippen LogP contribution in [0.3, 0.4) is 0 Å². The summed E-state index contributed by atoms with van der Waals surface area (Å²) in [5.41, 5.74) is 4.03. The van der Waals surface area contributed by atoms with Gasteiger partial charge in [0, 0.05) is 39.0 Å². The predicted octanol–water partition coefficient (Wildman–Crippen LogP) is 6.84. The summed E-state index contributed by atoms with van der Waals surface area (Å²) >= 11 is 7.29. The van der Waals surface area contributed by atoms with Crippen molar-refractivity contribution in [3.63, 3.8) is 0 Å². The van der Waals surface area contributed by atoms with Crippen LogP contribution in [0.1, 0.15) is 10.4 Å². The number of halogens is 1. The first-order valence-corrected chi connectivity index (χ1v) is 11.4. The number of carbonyl (C=O) groups is 1. The highest BCUT2D eigenvalue weighted by molar-refractivity contribution is 7.14. The molecule has 0 saturated heterocycles. The molecule has 7 nitrogen and oxygen atoms in total. The Hall–Kier alpha value is -4.14. The molecule has 0 radical (unpaired) electrons. The number of para-hydroxylation sites is 1. The van der Waals surface area contributed by atoms with Gasteiger partial charge in [-0.05, 0) is 36.4 Å². The van der Waals surface area contributed by atoms with E-state index in [0.29, 0.717) is 32.6 Å². The quantitative estimate of drug-likeness (QED) is 0.216. The fourth-order valence-corrected chi connectivity index (χ4v) is 4.35. The van der Waals surface area contributed by atoms with Crippen LogP contribution in [0, 0.1) is 10.1 Å². The number of anilines is 1. The number of hydrogen-bond acceptors (Lipinski definition) is 6. The third-order valence-corrected chi connectivity index (χ3v) is 6.21. The number of non-ortho nitro benzene ring substituents is 1. The summed E-state index contributed by atoms with van der Waals surface area (Å²) in [6, 6.07) is 22.6. The highest BCUT2D eigenvalue weighted by atomic mass is 35.5. The molecule has 1 amide bonds. The van der Waals surface area contributed by atoms with E-state index in [0.717, 1.165) is 16.5 Å². The summed E-state index contributed by atoms with van der Waals surface area (Å²) in [4.78, 5) is 32.9. The van der Waals surface area contributed by atoms with Gasteiger partial charge < -0.3 is 0 Å². The first kappa shape index (κ1) is 21.7. The lowest BCUT2D eigenvalue weighted by atomic mass is 10.0. The molecule has 1 N–H and O–H groups in total. The van der Waals surface area contributed by atoms with Crippen LogP contribution in [0.5, 0.6) is 0 Å². The molecule has 9 heteroatoms. The molecular formula is C25H15ClN4O3S. The van der Waals surface area contributed by atoms with Crippen LogP contribution in [0.2, 0.25) is 5.02 Å². The summed E-state index contributed by atoms with van der Waals surface area (Å²) in [6.45, 7) is 0. The van der Waals surface area contributed by atoms with Gasteiger partial charge in [0.15, 0.2) is 5.13 Å². The highest BCUT2D eigenvalue weighted by Gasteiger charge is 2.16. The molecule has 2 heterocycles. The summed E-state index contributed by atoms with van der Waals surface area (Å²) < 4.78 is 0. The van der Waals surface area contributed by atoms with Crippen LogP contribution in [-0.2, 0) is 0 Å². The maximum Gasteiger partial charge on any atom is 0.269 e. The van der Waals surface area contributed by atoms with E-state index in [1.165, 1.54) is 23.5 Å². The van der Waals surface area contributed by atoms with Crippen molar-refractivity contribution in [2.45, 2.75) is 0 Å².